The van der Waals surface area contributed by atoms with E-state index < -0.39 is 5.91 Å². The minimum Gasteiger partial charge on any atom is -0.352 e. The lowest BCUT2D eigenvalue weighted by atomic mass is 9.88. The van der Waals surface area contributed by atoms with Gasteiger partial charge in [-0.15, -0.1) is 0 Å². The summed E-state index contributed by atoms with van der Waals surface area (Å²) in [6.45, 7) is 2.25. The van der Waals surface area contributed by atoms with Gasteiger partial charge in [0.1, 0.15) is 5.82 Å². The summed E-state index contributed by atoms with van der Waals surface area (Å²) >= 11 is 0. The maximum absolute atomic E-state index is 13.0. The van der Waals surface area contributed by atoms with E-state index in [2.05, 4.69) is 15.6 Å². The Hall–Kier alpha value is -4.12. The number of anilines is 2. The molecule has 0 spiro atoms. The number of nitrogens with zero attached hydrogens (tertiary/aromatic N) is 2. The molecule has 4 rings (SSSR count). The summed E-state index contributed by atoms with van der Waals surface area (Å²) in [7, 11) is 1.77. The number of carbonyl (C=O) groups excluding carboxylic acids is 3. The lowest BCUT2D eigenvalue weighted by Gasteiger charge is -2.26. The van der Waals surface area contributed by atoms with Gasteiger partial charge in [0, 0.05) is 41.7 Å². The molecule has 3 N–H and O–H groups in total. The van der Waals surface area contributed by atoms with E-state index in [4.69, 9.17) is 5.26 Å². The van der Waals surface area contributed by atoms with Crippen molar-refractivity contribution in [2.24, 2.45) is 5.92 Å². The molecule has 35 heavy (non-hydrogen) atoms. The fourth-order valence-electron chi connectivity index (χ4n) is 4.64. The summed E-state index contributed by atoms with van der Waals surface area (Å²) in [5, 5.41) is 15.3. The zero-order valence-electron chi connectivity index (χ0n) is 20.0. The fraction of sp³-hybridized carbons (Fsp3) is 0.333. The summed E-state index contributed by atoms with van der Waals surface area (Å²) < 4.78 is 0. The highest BCUT2D eigenvalue weighted by Crippen LogP contribution is 2.32. The van der Waals surface area contributed by atoms with Gasteiger partial charge in [-0.05, 0) is 56.2 Å². The van der Waals surface area contributed by atoms with E-state index in [0.29, 0.717) is 34.1 Å². The van der Waals surface area contributed by atoms with Gasteiger partial charge in [-0.2, -0.15) is 5.26 Å². The number of fused-ring (bicyclic) bond motifs is 1. The van der Waals surface area contributed by atoms with Crippen molar-refractivity contribution in [2.45, 2.75) is 39.0 Å². The third kappa shape index (κ3) is 5.04. The molecule has 180 valence electrons. The quantitative estimate of drug-likeness (QED) is 0.487. The maximum atomic E-state index is 13.0. The monoisotopic (exact) mass is 471 g/mol. The van der Waals surface area contributed by atoms with Gasteiger partial charge in [-0.25, -0.2) is 0 Å². The number of hydrogen-bond acceptors (Lipinski definition) is 4. The van der Waals surface area contributed by atoms with E-state index in [0.717, 1.165) is 31.4 Å². The van der Waals surface area contributed by atoms with Crippen LogP contribution in [0.2, 0.25) is 0 Å². The molecule has 0 saturated heterocycles. The fourth-order valence-corrected chi connectivity index (χ4v) is 4.64. The Bertz CT molecular complexity index is 1310. The second kappa shape index (κ2) is 10.4. The number of H-pyrrole nitrogens is 1. The standard InChI is InChI=1S/C27H29N5O3/c1-3-29-26(34)23-21-13-12-20(32(2)27(35)18-9-5-4-6-10-18)15-22(21)30-24(23)31-25(33)19-11-7-8-17(14-19)16-28/h7-8,11-15,18,30H,3-6,9-10H2,1-2H3,(H,29,34)(H,31,33). The van der Waals surface area contributed by atoms with E-state index >= 15 is 0 Å². The number of aromatic nitrogens is 1. The van der Waals surface area contributed by atoms with Crippen molar-refractivity contribution in [3.05, 3.63) is 59.2 Å². The van der Waals surface area contributed by atoms with Crippen molar-refractivity contribution in [1.82, 2.24) is 10.3 Å². The van der Waals surface area contributed by atoms with Gasteiger partial charge in [0.2, 0.25) is 5.91 Å². The van der Waals surface area contributed by atoms with Crippen molar-refractivity contribution >= 4 is 40.1 Å². The van der Waals surface area contributed by atoms with Crippen LogP contribution < -0.4 is 15.5 Å². The first-order valence-electron chi connectivity index (χ1n) is 12.0. The second-order valence-corrected chi connectivity index (χ2v) is 8.84. The van der Waals surface area contributed by atoms with Crippen molar-refractivity contribution in [3.8, 4) is 6.07 Å². The van der Waals surface area contributed by atoms with Gasteiger partial charge in [0.05, 0.1) is 17.2 Å². The highest BCUT2D eigenvalue weighted by atomic mass is 16.2. The second-order valence-electron chi connectivity index (χ2n) is 8.84. The number of amides is 3. The minimum atomic E-state index is -0.441. The van der Waals surface area contributed by atoms with Crippen LogP contribution in [0.5, 0.6) is 0 Å². The van der Waals surface area contributed by atoms with Crippen LogP contribution in [0.3, 0.4) is 0 Å². The first-order chi connectivity index (χ1) is 16.9. The Labute approximate surface area is 204 Å². The van der Waals surface area contributed by atoms with Crippen molar-refractivity contribution in [3.63, 3.8) is 0 Å². The van der Waals surface area contributed by atoms with Gasteiger partial charge >= 0.3 is 0 Å². The van der Waals surface area contributed by atoms with Crippen molar-refractivity contribution in [1.29, 1.82) is 5.26 Å². The molecule has 0 bridgehead atoms. The lowest BCUT2D eigenvalue weighted by Crippen LogP contribution is -2.33. The van der Waals surface area contributed by atoms with E-state index in [1.807, 2.05) is 25.1 Å². The highest BCUT2D eigenvalue weighted by Gasteiger charge is 2.26. The van der Waals surface area contributed by atoms with Crippen molar-refractivity contribution < 1.29 is 14.4 Å². The molecule has 3 aromatic rings. The summed E-state index contributed by atoms with van der Waals surface area (Å²) in [5.74, 6) is -0.358. The van der Waals surface area contributed by atoms with E-state index in [1.54, 1.807) is 36.2 Å². The van der Waals surface area contributed by atoms with Crippen LogP contribution in [0.1, 0.15) is 65.3 Å². The summed E-state index contributed by atoms with van der Waals surface area (Å²) in [6.07, 6.45) is 5.17. The van der Waals surface area contributed by atoms with Crippen LogP contribution in [0, 0.1) is 17.2 Å². The topological polar surface area (TPSA) is 118 Å². The zero-order chi connectivity index (χ0) is 24.9. The largest absolute Gasteiger partial charge is 0.352 e. The van der Waals surface area contributed by atoms with Crippen LogP contribution in [-0.2, 0) is 4.79 Å². The Morgan fingerprint density at radius 1 is 1.09 bits per heavy atom. The van der Waals surface area contributed by atoms with Gasteiger partial charge in [-0.1, -0.05) is 25.3 Å². The molecule has 1 fully saturated rings. The average molecular weight is 472 g/mol. The molecule has 0 radical (unpaired) electrons. The molecule has 1 heterocycles. The molecule has 0 unspecified atom stereocenters. The molecule has 2 aromatic carbocycles. The van der Waals surface area contributed by atoms with Gasteiger partial charge in [-0.3, -0.25) is 14.4 Å². The average Bonchev–Trinajstić information content (AvgIpc) is 3.25. The summed E-state index contributed by atoms with van der Waals surface area (Å²) in [5.41, 5.74) is 2.35. The Balaban J connectivity index is 1.67. The van der Waals surface area contributed by atoms with E-state index in [-0.39, 0.29) is 23.6 Å². The Kier molecular flexibility index (Phi) is 7.16. The third-order valence-electron chi connectivity index (χ3n) is 6.51. The number of nitriles is 1. The van der Waals surface area contributed by atoms with Gasteiger partial charge in [0.15, 0.2) is 0 Å². The Morgan fingerprint density at radius 2 is 1.86 bits per heavy atom. The zero-order valence-corrected chi connectivity index (χ0v) is 20.0. The Morgan fingerprint density at radius 3 is 2.57 bits per heavy atom. The molecule has 1 aliphatic carbocycles. The van der Waals surface area contributed by atoms with Crippen molar-refractivity contribution in [2.75, 3.05) is 23.8 Å². The molecular weight excluding hydrogens is 442 g/mol. The molecule has 0 aliphatic heterocycles. The highest BCUT2D eigenvalue weighted by molar-refractivity contribution is 6.16. The third-order valence-corrected chi connectivity index (χ3v) is 6.51. The van der Waals surface area contributed by atoms with E-state index in [1.165, 1.54) is 12.5 Å². The first-order valence-corrected chi connectivity index (χ1v) is 12.0. The maximum Gasteiger partial charge on any atom is 0.256 e. The molecule has 0 atom stereocenters. The predicted octanol–water partition coefficient (Wildman–Crippen LogP) is 4.58. The molecule has 1 aromatic heterocycles. The molecule has 1 aliphatic rings. The normalized spacial score (nSPS) is 13.7. The minimum absolute atomic E-state index is 0.0398. The molecule has 8 heteroatoms. The summed E-state index contributed by atoms with van der Waals surface area (Å²) in [4.78, 5) is 43.7. The van der Waals surface area contributed by atoms with E-state index in [9.17, 15) is 14.4 Å². The number of aromatic amines is 1. The first kappa shape index (κ1) is 24.0. The summed E-state index contributed by atoms with van der Waals surface area (Å²) in [6, 6.07) is 13.8. The van der Waals surface area contributed by atoms with Crippen LogP contribution in [0.15, 0.2) is 42.5 Å². The van der Waals surface area contributed by atoms with Crippen LogP contribution >= 0.6 is 0 Å². The van der Waals surface area contributed by atoms with Crippen LogP contribution in [0.4, 0.5) is 11.5 Å². The van der Waals surface area contributed by atoms with Gasteiger partial charge < -0.3 is 20.5 Å². The van der Waals surface area contributed by atoms with Crippen LogP contribution in [0.25, 0.3) is 10.9 Å². The lowest BCUT2D eigenvalue weighted by molar-refractivity contribution is -0.123. The SMILES string of the molecule is CCNC(=O)c1c(NC(=O)c2cccc(C#N)c2)[nH]c2cc(N(C)C(=O)C3CCCCC3)ccc12. The molecular formula is C27H29N5O3. The molecule has 8 nitrogen and oxygen atoms in total. The number of nitrogens with one attached hydrogen (secondary N) is 3. The number of carbonyl (C=O) groups is 3. The smallest absolute Gasteiger partial charge is 0.256 e. The van der Waals surface area contributed by atoms with Crippen LogP contribution in [-0.4, -0.2) is 36.3 Å². The number of hydrogen-bond donors (Lipinski definition) is 3. The number of benzene rings is 2. The molecule has 3 amide bonds. The van der Waals surface area contributed by atoms with Gasteiger partial charge in [0.25, 0.3) is 11.8 Å². The molecule has 1 saturated carbocycles. The predicted molar refractivity (Wildman–Crippen MR) is 135 cm³/mol. The number of rotatable bonds is 6.